The van der Waals surface area contributed by atoms with Crippen LogP contribution < -0.4 is 15.5 Å². The number of carbonyl (C=O) groups is 1. The highest BCUT2D eigenvalue weighted by Gasteiger charge is 2.03. The van der Waals surface area contributed by atoms with Gasteiger partial charge in [-0.1, -0.05) is 66.7 Å². The number of allylic oxidation sites excluding steroid dienone is 1. The summed E-state index contributed by atoms with van der Waals surface area (Å²) in [6, 6.07) is 27.2. The molecule has 0 fully saturated rings. The number of amides is 1. The van der Waals surface area contributed by atoms with Gasteiger partial charge >= 0.3 is 0 Å². The molecular weight excluding hydrogens is 374 g/mol. The Morgan fingerprint density at radius 1 is 0.933 bits per heavy atom. The maximum atomic E-state index is 12.3. The van der Waals surface area contributed by atoms with E-state index in [-0.39, 0.29) is 12.5 Å². The number of carbonyl (C=O) groups excluding carboxylic acids is 1. The van der Waals surface area contributed by atoms with Crippen molar-refractivity contribution in [3.8, 4) is 5.75 Å². The highest BCUT2D eigenvalue weighted by molar-refractivity contribution is 6.11. The van der Waals surface area contributed by atoms with E-state index in [1.54, 1.807) is 0 Å². The van der Waals surface area contributed by atoms with Gasteiger partial charge in [0.15, 0.2) is 0 Å². The fraction of sp³-hybridized carbons (Fsp3) is 0.120. The number of rotatable bonds is 9. The highest BCUT2D eigenvalue weighted by Crippen LogP contribution is 2.15. The molecule has 152 valence electrons. The molecule has 0 aliphatic carbocycles. The molecule has 30 heavy (non-hydrogen) atoms. The molecule has 3 rings (SSSR count). The van der Waals surface area contributed by atoms with Crippen LogP contribution in [0.1, 0.15) is 18.1 Å². The third-order valence-corrected chi connectivity index (χ3v) is 4.22. The molecule has 0 heterocycles. The van der Waals surface area contributed by atoms with Crippen LogP contribution in [0.4, 0.5) is 5.69 Å². The van der Waals surface area contributed by atoms with E-state index in [2.05, 4.69) is 15.8 Å². The molecule has 5 heteroatoms. The second kappa shape index (κ2) is 11.2. The number of hydrogen-bond donors (Lipinski definition) is 2. The summed E-state index contributed by atoms with van der Waals surface area (Å²) in [7, 11) is 0. The second-order valence-corrected chi connectivity index (χ2v) is 6.45. The van der Waals surface area contributed by atoms with E-state index in [4.69, 9.17) is 4.74 Å². The van der Waals surface area contributed by atoms with Gasteiger partial charge in [0.1, 0.15) is 5.75 Å². The van der Waals surface area contributed by atoms with E-state index in [1.807, 2.05) is 104 Å². The first-order chi connectivity index (χ1) is 14.7. The minimum Gasteiger partial charge on any atom is -0.494 e. The van der Waals surface area contributed by atoms with Crippen LogP contribution in [0.15, 0.2) is 96.1 Å². The molecule has 0 unspecified atom stereocenters. The lowest BCUT2D eigenvalue weighted by molar-refractivity contribution is -0.119. The summed E-state index contributed by atoms with van der Waals surface area (Å²) in [6.45, 7) is 2.67. The standard InChI is InChI=1S/C25H25N3O2/c1-2-30-23-16-14-22(15-17-23)26-19-25(29)28-27-24(21-11-7-4-8-12-21)18-13-20-9-5-3-6-10-20/h3-18,26H,2,19H2,1H3,(H,28,29). The van der Waals surface area contributed by atoms with Crippen molar-refractivity contribution in [1.82, 2.24) is 5.43 Å². The largest absolute Gasteiger partial charge is 0.494 e. The number of nitrogens with one attached hydrogen (secondary N) is 2. The zero-order valence-corrected chi connectivity index (χ0v) is 16.9. The van der Waals surface area contributed by atoms with Gasteiger partial charge in [-0.2, -0.15) is 5.10 Å². The number of ether oxygens (including phenoxy) is 1. The van der Waals surface area contributed by atoms with Crippen molar-refractivity contribution in [2.24, 2.45) is 5.10 Å². The van der Waals surface area contributed by atoms with Crippen molar-refractivity contribution >= 4 is 23.4 Å². The third-order valence-electron chi connectivity index (χ3n) is 4.22. The Bertz CT molecular complexity index is 982. The smallest absolute Gasteiger partial charge is 0.259 e. The van der Waals surface area contributed by atoms with Crippen molar-refractivity contribution in [3.05, 3.63) is 102 Å². The molecule has 3 aromatic rings. The number of benzene rings is 3. The van der Waals surface area contributed by atoms with E-state index in [0.717, 1.165) is 22.6 Å². The number of hydrazone groups is 1. The molecule has 0 atom stereocenters. The molecule has 5 nitrogen and oxygen atoms in total. The van der Waals surface area contributed by atoms with Gasteiger partial charge in [-0.25, -0.2) is 5.43 Å². The molecular formula is C25H25N3O2. The minimum atomic E-state index is -0.231. The molecule has 0 aromatic heterocycles. The summed E-state index contributed by atoms with van der Waals surface area (Å²) in [5, 5.41) is 7.41. The van der Waals surface area contributed by atoms with Gasteiger partial charge < -0.3 is 10.1 Å². The fourth-order valence-electron chi connectivity index (χ4n) is 2.73. The van der Waals surface area contributed by atoms with Crippen molar-refractivity contribution in [1.29, 1.82) is 0 Å². The van der Waals surface area contributed by atoms with Crippen LogP contribution in [-0.2, 0) is 4.79 Å². The summed E-state index contributed by atoms with van der Waals surface area (Å²) in [5.74, 6) is 0.570. The van der Waals surface area contributed by atoms with E-state index in [1.165, 1.54) is 0 Å². The zero-order valence-electron chi connectivity index (χ0n) is 16.9. The molecule has 0 saturated heterocycles. The summed E-state index contributed by atoms with van der Waals surface area (Å²) in [6.07, 6.45) is 3.86. The Morgan fingerprint density at radius 3 is 2.27 bits per heavy atom. The maximum absolute atomic E-state index is 12.3. The Hall–Kier alpha value is -3.86. The van der Waals surface area contributed by atoms with Gasteiger partial charge in [-0.3, -0.25) is 4.79 Å². The van der Waals surface area contributed by atoms with E-state index >= 15 is 0 Å². The Balaban J connectivity index is 1.63. The average Bonchev–Trinajstić information content (AvgIpc) is 2.80. The van der Waals surface area contributed by atoms with Crippen LogP contribution in [0.5, 0.6) is 5.75 Å². The number of nitrogens with zero attached hydrogens (tertiary/aromatic N) is 1. The van der Waals surface area contributed by atoms with Gasteiger partial charge in [-0.15, -0.1) is 0 Å². The van der Waals surface area contributed by atoms with Crippen molar-refractivity contribution < 1.29 is 9.53 Å². The molecule has 0 spiro atoms. The minimum absolute atomic E-state index is 0.113. The van der Waals surface area contributed by atoms with Crippen LogP contribution >= 0.6 is 0 Å². The molecule has 2 N–H and O–H groups in total. The maximum Gasteiger partial charge on any atom is 0.259 e. The Morgan fingerprint density at radius 2 is 1.60 bits per heavy atom. The van der Waals surface area contributed by atoms with E-state index in [9.17, 15) is 4.79 Å². The molecule has 0 saturated carbocycles. The third kappa shape index (κ3) is 6.63. The molecule has 0 bridgehead atoms. The van der Waals surface area contributed by atoms with Crippen LogP contribution in [0.3, 0.4) is 0 Å². The van der Waals surface area contributed by atoms with Gasteiger partial charge in [0, 0.05) is 11.3 Å². The van der Waals surface area contributed by atoms with Gasteiger partial charge in [0.05, 0.1) is 18.9 Å². The predicted molar refractivity (Wildman–Crippen MR) is 123 cm³/mol. The van der Waals surface area contributed by atoms with Crippen LogP contribution in [-0.4, -0.2) is 24.8 Å². The van der Waals surface area contributed by atoms with Crippen molar-refractivity contribution in [2.75, 3.05) is 18.5 Å². The fourth-order valence-corrected chi connectivity index (χ4v) is 2.73. The lowest BCUT2D eigenvalue weighted by Gasteiger charge is -2.08. The summed E-state index contributed by atoms with van der Waals surface area (Å²) < 4.78 is 5.42. The monoisotopic (exact) mass is 399 g/mol. The first-order valence-corrected chi connectivity index (χ1v) is 9.86. The topological polar surface area (TPSA) is 62.7 Å². The van der Waals surface area contributed by atoms with Gasteiger partial charge in [0.2, 0.25) is 0 Å². The van der Waals surface area contributed by atoms with E-state index < -0.39 is 0 Å². The second-order valence-electron chi connectivity index (χ2n) is 6.45. The van der Waals surface area contributed by atoms with Crippen molar-refractivity contribution in [3.63, 3.8) is 0 Å². The summed E-state index contributed by atoms with van der Waals surface area (Å²) in [5.41, 5.74) is 6.12. The van der Waals surface area contributed by atoms with Gasteiger partial charge in [-0.05, 0) is 42.8 Å². The lowest BCUT2D eigenvalue weighted by Crippen LogP contribution is -2.26. The molecule has 0 aliphatic heterocycles. The number of hydrogen-bond acceptors (Lipinski definition) is 4. The molecule has 0 aliphatic rings. The SMILES string of the molecule is CCOc1ccc(NCC(=O)NN=C(C=Cc2ccccc2)c2ccccc2)cc1. The van der Waals surface area contributed by atoms with E-state index in [0.29, 0.717) is 12.3 Å². The number of anilines is 1. The van der Waals surface area contributed by atoms with Crippen LogP contribution in [0, 0.1) is 0 Å². The Kier molecular flexibility index (Phi) is 7.80. The summed E-state index contributed by atoms with van der Waals surface area (Å²) in [4.78, 5) is 12.3. The van der Waals surface area contributed by atoms with Crippen LogP contribution in [0.25, 0.3) is 6.08 Å². The lowest BCUT2D eigenvalue weighted by atomic mass is 10.1. The highest BCUT2D eigenvalue weighted by atomic mass is 16.5. The van der Waals surface area contributed by atoms with Crippen molar-refractivity contribution in [2.45, 2.75) is 6.92 Å². The zero-order chi connectivity index (χ0) is 21.0. The first-order valence-electron chi connectivity index (χ1n) is 9.86. The predicted octanol–water partition coefficient (Wildman–Crippen LogP) is 4.73. The molecule has 1 amide bonds. The molecule has 0 radical (unpaired) electrons. The quantitative estimate of drug-likeness (QED) is 0.404. The summed E-state index contributed by atoms with van der Waals surface area (Å²) >= 11 is 0. The average molecular weight is 399 g/mol. The van der Waals surface area contributed by atoms with Gasteiger partial charge in [0.25, 0.3) is 5.91 Å². The van der Waals surface area contributed by atoms with Crippen LogP contribution in [0.2, 0.25) is 0 Å². The molecule has 3 aromatic carbocycles. The Labute approximate surface area is 177 Å². The normalized spacial score (nSPS) is 11.3. The first kappa shape index (κ1) is 20.9.